The zero-order valence-electron chi connectivity index (χ0n) is 11.8. The molecule has 2 atom stereocenters. The molecule has 1 nitrogen and oxygen atoms in total. The first-order valence-corrected chi connectivity index (χ1v) is 7.50. The third-order valence-electron chi connectivity index (χ3n) is 4.41. The molecule has 0 spiro atoms. The van der Waals surface area contributed by atoms with Crippen LogP contribution in [0.2, 0.25) is 5.02 Å². The first-order valence-electron chi connectivity index (χ1n) is 7.12. The van der Waals surface area contributed by atoms with Gasteiger partial charge in [-0.1, -0.05) is 38.3 Å². The van der Waals surface area contributed by atoms with E-state index in [1.807, 2.05) is 0 Å². The van der Waals surface area contributed by atoms with E-state index in [0.717, 1.165) is 19.3 Å². The van der Waals surface area contributed by atoms with Gasteiger partial charge in [0.05, 0.1) is 0 Å². The molecular formula is C16H23ClFN. The van der Waals surface area contributed by atoms with Gasteiger partial charge in [0.1, 0.15) is 5.82 Å². The fraction of sp³-hybridized carbons (Fsp3) is 0.625. The first-order chi connectivity index (χ1) is 8.89. The van der Waals surface area contributed by atoms with E-state index in [2.05, 4.69) is 13.8 Å². The second-order valence-corrected chi connectivity index (χ2v) is 6.81. The summed E-state index contributed by atoms with van der Waals surface area (Å²) in [7, 11) is 0. The summed E-state index contributed by atoms with van der Waals surface area (Å²) in [6.45, 7) is 4.49. The molecule has 0 radical (unpaired) electrons. The Morgan fingerprint density at radius 2 is 2.21 bits per heavy atom. The van der Waals surface area contributed by atoms with Crippen molar-refractivity contribution in [3.63, 3.8) is 0 Å². The lowest BCUT2D eigenvalue weighted by molar-refractivity contribution is 0.181. The SMILES string of the molecule is CC(C)C1CCCC(N)(Cc2cc(Cl)ccc2F)C1. The minimum absolute atomic E-state index is 0.194. The molecule has 1 saturated carbocycles. The quantitative estimate of drug-likeness (QED) is 0.864. The Bertz CT molecular complexity index is 446. The molecule has 0 saturated heterocycles. The molecule has 1 aliphatic carbocycles. The number of rotatable bonds is 3. The number of hydrogen-bond donors (Lipinski definition) is 1. The third-order valence-corrected chi connectivity index (χ3v) is 4.65. The van der Waals surface area contributed by atoms with E-state index >= 15 is 0 Å². The monoisotopic (exact) mass is 283 g/mol. The third kappa shape index (κ3) is 3.70. The van der Waals surface area contributed by atoms with E-state index in [0.29, 0.717) is 28.8 Å². The Hall–Kier alpha value is -0.600. The Morgan fingerprint density at radius 1 is 1.47 bits per heavy atom. The van der Waals surface area contributed by atoms with E-state index < -0.39 is 0 Å². The van der Waals surface area contributed by atoms with E-state index in [9.17, 15) is 4.39 Å². The summed E-state index contributed by atoms with van der Waals surface area (Å²) in [5.74, 6) is 1.11. The predicted molar refractivity (Wildman–Crippen MR) is 78.8 cm³/mol. The zero-order chi connectivity index (χ0) is 14.0. The highest BCUT2D eigenvalue weighted by molar-refractivity contribution is 6.30. The van der Waals surface area contributed by atoms with Crippen LogP contribution in [0, 0.1) is 17.7 Å². The lowest BCUT2D eigenvalue weighted by Crippen LogP contribution is -2.47. The van der Waals surface area contributed by atoms with Crippen molar-refractivity contribution in [3.8, 4) is 0 Å². The van der Waals surface area contributed by atoms with Gasteiger partial charge in [0.2, 0.25) is 0 Å². The van der Waals surface area contributed by atoms with Crippen molar-refractivity contribution in [3.05, 3.63) is 34.6 Å². The summed E-state index contributed by atoms with van der Waals surface area (Å²) < 4.78 is 13.8. The fourth-order valence-corrected chi connectivity index (χ4v) is 3.42. The number of halogens is 2. The van der Waals surface area contributed by atoms with E-state index in [1.165, 1.54) is 12.5 Å². The van der Waals surface area contributed by atoms with Crippen LogP contribution in [0.3, 0.4) is 0 Å². The molecule has 1 aromatic carbocycles. The average molecular weight is 284 g/mol. The Labute approximate surface area is 120 Å². The second kappa shape index (κ2) is 5.80. The van der Waals surface area contributed by atoms with Crippen molar-refractivity contribution < 1.29 is 4.39 Å². The highest BCUT2D eigenvalue weighted by Gasteiger charge is 2.34. The molecule has 2 N–H and O–H groups in total. The van der Waals surface area contributed by atoms with Crippen LogP contribution < -0.4 is 5.73 Å². The topological polar surface area (TPSA) is 26.0 Å². The second-order valence-electron chi connectivity index (χ2n) is 6.38. The lowest BCUT2D eigenvalue weighted by Gasteiger charge is -2.40. The van der Waals surface area contributed by atoms with Crippen molar-refractivity contribution in [2.24, 2.45) is 17.6 Å². The molecule has 0 aliphatic heterocycles. The summed E-state index contributed by atoms with van der Waals surface area (Å²) >= 11 is 5.95. The lowest BCUT2D eigenvalue weighted by atomic mass is 9.70. The van der Waals surface area contributed by atoms with Crippen LogP contribution in [-0.2, 0) is 6.42 Å². The minimum atomic E-state index is -0.279. The Morgan fingerprint density at radius 3 is 2.89 bits per heavy atom. The fourth-order valence-electron chi connectivity index (χ4n) is 3.23. The number of benzene rings is 1. The van der Waals surface area contributed by atoms with E-state index in [-0.39, 0.29) is 11.4 Å². The van der Waals surface area contributed by atoms with Crippen molar-refractivity contribution in [1.82, 2.24) is 0 Å². The van der Waals surface area contributed by atoms with Gasteiger partial charge in [-0.15, -0.1) is 0 Å². The molecule has 1 fully saturated rings. The average Bonchev–Trinajstić information content (AvgIpc) is 2.33. The normalized spacial score (nSPS) is 27.8. The molecule has 0 bridgehead atoms. The predicted octanol–water partition coefficient (Wildman–Crippen LogP) is 4.57. The van der Waals surface area contributed by atoms with Crippen LogP contribution in [0.15, 0.2) is 18.2 Å². The highest BCUT2D eigenvalue weighted by atomic mass is 35.5. The van der Waals surface area contributed by atoms with Gasteiger partial charge in [0, 0.05) is 10.6 Å². The summed E-state index contributed by atoms with van der Waals surface area (Å²) in [6, 6.07) is 4.73. The molecule has 3 heteroatoms. The summed E-state index contributed by atoms with van der Waals surface area (Å²) in [5.41, 5.74) is 6.90. The maximum atomic E-state index is 13.8. The molecule has 19 heavy (non-hydrogen) atoms. The van der Waals surface area contributed by atoms with Crippen molar-refractivity contribution in [2.75, 3.05) is 0 Å². The van der Waals surface area contributed by atoms with Gasteiger partial charge in [-0.3, -0.25) is 0 Å². The molecule has 0 aromatic heterocycles. The van der Waals surface area contributed by atoms with E-state index in [4.69, 9.17) is 17.3 Å². The molecule has 106 valence electrons. The van der Waals surface area contributed by atoms with Crippen LogP contribution in [0.25, 0.3) is 0 Å². The Kier molecular flexibility index (Phi) is 4.52. The van der Waals surface area contributed by atoms with Crippen LogP contribution >= 0.6 is 11.6 Å². The van der Waals surface area contributed by atoms with Gasteiger partial charge in [-0.2, -0.15) is 0 Å². The molecule has 0 amide bonds. The van der Waals surface area contributed by atoms with Crippen molar-refractivity contribution in [2.45, 2.75) is 51.5 Å². The van der Waals surface area contributed by atoms with Gasteiger partial charge < -0.3 is 5.73 Å². The van der Waals surface area contributed by atoms with Gasteiger partial charge in [-0.25, -0.2) is 4.39 Å². The first kappa shape index (κ1) is 14.8. The minimum Gasteiger partial charge on any atom is -0.325 e. The largest absolute Gasteiger partial charge is 0.325 e. The van der Waals surface area contributed by atoms with Gasteiger partial charge in [0.25, 0.3) is 0 Å². The maximum absolute atomic E-state index is 13.8. The summed E-state index contributed by atoms with van der Waals surface area (Å²) in [4.78, 5) is 0. The van der Waals surface area contributed by atoms with Crippen LogP contribution in [0.1, 0.15) is 45.1 Å². The smallest absolute Gasteiger partial charge is 0.126 e. The van der Waals surface area contributed by atoms with Crippen LogP contribution in [0.5, 0.6) is 0 Å². The standard InChI is InChI=1S/C16H23ClFN/c1-11(2)12-4-3-7-16(19,9-12)10-13-8-14(17)5-6-15(13)18/h5-6,8,11-12H,3-4,7,9-10,19H2,1-2H3. The summed E-state index contributed by atoms with van der Waals surface area (Å²) in [6.07, 6.45) is 4.93. The van der Waals surface area contributed by atoms with Gasteiger partial charge in [-0.05, 0) is 54.9 Å². The summed E-state index contributed by atoms with van der Waals surface area (Å²) in [5, 5.41) is 0.580. The molecule has 2 rings (SSSR count). The van der Waals surface area contributed by atoms with Gasteiger partial charge in [0.15, 0.2) is 0 Å². The number of hydrogen-bond acceptors (Lipinski definition) is 1. The molecule has 0 heterocycles. The van der Waals surface area contributed by atoms with Gasteiger partial charge >= 0.3 is 0 Å². The molecule has 1 aliphatic rings. The highest BCUT2D eigenvalue weighted by Crippen LogP contribution is 2.37. The Balaban J connectivity index is 2.14. The molecular weight excluding hydrogens is 261 g/mol. The number of nitrogens with two attached hydrogens (primary N) is 1. The maximum Gasteiger partial charge on any atom is 0.126 e. The van der Waals surface area contributed by atoms with E-state index in [1.54, 1.807) is 12.1 Å². The molecule has 2 unspecified atom stereocenters. The van der Waals surface area contributed by atoms with Crippen molar-refractivity contribution in [1.29, 1.82) is 0 Å². The van der Waals surface area contributed by atoms with Crippen LogP contribution in [0.4, 0.5) is 4.39 Å². The van der Waals surface area contributed by atoms with Crippen molar-refractivity contribution >= 4 is 11.6 Å². The van der Waals surface area contributed by atoms with Crippen LogP contribution in [-0.4, -0.2) is 5.54 Å². The zero-order valence-corrected chi connectivity index (χ0v) is 12.5. The molecule has 1 aromatic rings.